The van der Waals surface area contributed by atoms with Crippen LogP contribution < -0.4 is 5.32 Å². The van der Waals surface area contributed by atoms with E-state index in [4.69, 9.17) is 0 Å². The van der Waals surface area contributed by atoms with Crippen LogP contribution in [0.15, 0.2) is 54.6 Å². The Hall–Kier alpha value is -3.48. The summed E-state index contributed by atoms with van der Waals surface area (Å²) in [5, 5.41) is 10.8. The number of anilines is 1. The van der Waals surface area contributed by atoms with Crippen LogP contribution in [0, 0.1) is 6.92 Å². The van der Waals surface area contributed by atoms with Crippen molar-refractivity contribution in [3.05, 3.63) is 71.5 Å². The number of aromatic nitrogens is 3. The van der Waals surface area contributed by atoms with Gasteiger partial charge in [-0.1, -0.05) is 23.4 Å². The van der Waals surface area contributed by atoms with Gasteiger partial charge < -0.3 is 10.1 Å². The fourth-order valence-corrected chi connectivity index (χ4v) is 2.35. The number of methoxy groups -OCH3 is 1. The molecule has 0 unspecified atom stereocenters. The van der Waals surface area contributed by atoms with Crippen molar-refractivity contribution in [3.63, 3.8) is 0 Å². The molecule has 126 valence electrons. The molecule has 0 aliphatic rings. The Balaban J connectivity index is 1.78. The minimum atomic E-state index is -0.431. The number of para-hydroxylation sites is 1. The van der Waals surface area contributed by atoms with Crippen LogP contribution in [0.4, 0.5) is 5.69 Å². The second kappa shape index (κ2) is 6.96. The first-order valence-electron chi connectivity index (χ1n) is 7.57. The van der Waals surface area contributed by atoms with Gasteiger partial charge in [-0.05, 0) is 43.3 Å². The van der Waals surface area contributed by atoms with Crippen molar-refractivity contribution in [1.82, 2.24) is 15.0 Å². The van der Waals surface area contributed by atoms with Crippen LogP contribution in [0.5, 0.6) is 0 Å². The van der Waals surface area contributed by atoms with Gasteiger partial charge >= 0.3 is 5.97 Å². The van der Waals surface area contributed by atoms with E-state index in [1.54, 1.807) is 35.9 Å². The summed E-state index contributed by atoms with van der Waals surface area (Å²) in [4.78, 5) is 23.9. The second-order valence-corrected chi connectivity index (χ2v) is 5.29. The molecule has 25 heavy (non-hydrogen) atoms. The Bertz CT molecular complexity index is 902. The maximum absolute atomic E-state index is 12.4. The monoisotopic (exact) mass is 336 g/mol. The third-order valence-electron chi connectivity index (χ3n) is 3.67. The average Bonchev–Trinajstić information content (AvgIpc) is 3.04. The summed E-state index contributed by atoms with van der Waals surface area (Å²) in [6.45, 7) is 1.78. The number of nitrogens with zero attached hydrogens (tertiary/aromatic N) is 3. The molecule has 0 saturated carbocycles. The third-order valence-corrected chi connectivity index (χ3v) is 3.67. The first-order chi connectivity index (χ1) is 12.1. The highest BCUT2D eigenvalue weighted by Crippen LogP contribution is 2.15. The molecule has 0 aliphatic carbocycles. The Morgan fingerprint density at radius 2 is 1.72 bits per heavy atom. The van der Waals surface area contributed by atoms with Crippen molar-refractivity contribution < 1.29 is 14.3 Å². The normalized spacial score (nSPS) is 10.3. The van der Waals surface area contributed by atoms with Crippen molar-refractivity contribution in [2.24, 2.45) is 0 Å². The molecule has 7 heteroatoms. The lowest BCUT2D eigenvalue weighted by Gasteiger charge is -2.06. The highest BCUT2D eigenvalue weighted by Gasteiger charge is 2.17. The number of hydrogen-bond acceptors (Lipinski definition) is 5. The van der Waals surface area contributed by atoms with Gasteiger partial charge in [0.15, 0.2) is 5.69 Å². The van der Waals surface area contributed by atoms with Gasteiger partial charge in [0.2, 0.25) is 0 Å². The molecule has 3 rings (SSSR count). The van der Waals surface area contributed by atoms with Crippen LogP contribution in [0.1, 0.15) is 26.5 Å². The molecule has 7 nitrogen and oxygen atoms in total. The van der Waals surface area contributed by atoms with Gasteiger partial charge in [0.05, 0.1) is 24.1 Å². The van der Waals surface area contributed by atoms with E-state index < -0.39 is 5.97 Å². The van der Waals surface area contributed by atoms with Crippen LogP contribution >= 0.6 is 0 Å². The Labute approximate surface area is 144 Å². The van der Waals surface area contributed by atoms with Crippen molar-refractivity contribution in [3.8, 4) is 5.69 Å². The van der Waals surface area contributed by atoms with E-state index in [-0.39, 0.29) is 11.6 Å². The zero-order chi connectivity index (χ0) is 17.8. The first kappa shape index (κ1) is 16.4. The van der Waals surface area contributed by atoms with Crippen molar-refractivity contribution in [2.45, 2.75) is 6.92 Å². The zero-order valence-electron chi connectivity index (χ0n) is 13.8. The molecule has 0 radical (unpaired) electrons. The molecule has 1 aromatic heterocycles. The molecule has 0 bridgehead atoms. The lowest BCUT2D eigenvalue weighted by Crippen LogP contribution is -2.14. The van der Waals surface area contributed by atoms with E-state index in [1.807, 2.05) is 30.3 Å². The standard InChI is InChI=1S/C18H16N4O3/c1-12-16(20-21-22(12)15-6-4-3-5-7-15)17(23)19-14-10-8-13(9-11-14)18(24)25-2/h3-11H,1-2H3,(H,19,23). The number of carbonyl (C=O) groups is 2. The molecule has 0 spiro atoms. The molecule has 1 heterocycles. The predicted molar refractivity (Wildman–Crippen MR) is 91.8 cm³/mol. The van der Waals surface area contributed by atoms with E-state index >= 15 is 0 Å². The van der Waals surface area contributed by atoms with Crippen LogP contribution in [0.25, 0.3) is 5.69 Å². The number of amides is 1. The average molecular weight is 336 g/mol. The summed E-state index contributed by atoms with van der Waals surface area (Å²) < 4.78 is 6.25. The number of carbonyl (C=O) groups excluding carboxylic acids is 2. The summed E-state index contributed by atoms with van der Waals surface area (Å²) in [6.07, 6.45) is 0. The van der Waals surface area contributed by atoms with Crippen molar-refractivity contribution >= 4 is 17.6 Å². The van der Waals surface area contributed by atoms with E-state index in [2.05, 4.69) is 20.4 Å². The molecule has 0 aliphatic heterocycles. The number of nitrogens with one attached hydrogen (secondary N) is 1. The van der Waals surface area contributed by atoms with Crippen LogP contribution in [-0.2, 0) is 4.74 Å². The molecular weight excluding hydrogens is 320 g/mol. The van der Waals surface area contributed by atoms with Gasteiger partial charge in [0.1, 0.15) is 0 Å². The SMILES string of the molecule is COC(=O)c1ccc(NC(=O)c2nnn(-c3ccccc3)c2C)cc1. The number of rotatable bonds is 4. The summed E-state index contributed by atoms with van der Waals surface area (Å²) in [5.74, 6) is -0.801. The smallest absolute Gasteiger partial charge is 0.337 e. The molecule has 0 fully saturated rings. The summed E-state index contributed by atoms with van der Waals surface area (Å²) in [7, 11) is 1.32. The minimum absolute atomic E-state index is 0.237. The van der Waals surface area contributed by atoms with E-state index in [9.17, 15) is 9.59 Å². The Morgan fingerprint density at radius 3 is 2.36 bits per heavy atom. The Morgan fingerprint density at radius 1 is 1.04 bits per heavy atom. The molecule has 1 amide bonds. The largest absolute Gasteiger partial charge is 0.465 e. The second-order valence-electron chi connectivity index (χ2n) is 5.29. The quantitative estimate of drug-likeness (QED) is 0.740. The van der Waals surface area contributed by atoms with Gasteiger partial charge in [-0.25, -0.2) is 9.48 Å². The fourth-order valence-electron chi connectivity index (χ4n) is 2.35. The highest BCUT2D eigenvalue weighted by molar-refractivity contribution is 6.03. The molecular formula is C18H16N4O3. The maximum Gasteiger partial charge on any atom is 0.337 e. The minimum Gasteiger partial charge on any atom is -0.465 e. The third kappa shape index (κ3) is 3.40. The topological polar surface area (TPSA) is 86.1 Å². The van der Waals surface area contributed by atoms with Gasteiger partial charge in [-0.2, -0.15) is 0 Å². The molecule has 1 N–H and O–H groups in total. The van der Waals surface area contributed by atoms with Crippen molar-refractivity contribution in [2.75, 3.05) is 12.4 Å². The summed E-state index contributed by atoms with van der Waals surface area (Å²) >= 11 is 0. The van der Waals surface area contributed by atoms with Crippen LogP contribution in [0.3, 0.4) is 0 Å². The van der Waals surface area contributed by atoms with Crippen LogP contribution in [0.2, 0.25) is 0 Å². The maximum atomic E-state index is 12.4. The lowest BCUT2D eigenvalue weighted by molar-refractivity contribution is 0.0600. The lowest BCUT2D eigenvalue weighted by atomic mass is 10.2. The number of esters is 1. The van der Waals surface area contributed by atoms with Gasteiger partial charge in [-0.15, -0.1) is 5.10 Å². The summed E-state index contributed by atoms with van der Waals surface area (Å²) in [6, 6.07) is 15.9. The number of benzene rings is 2. The number of ether oxygens (including phenoxy) is 1. The summed E-state index contributed by atoms with van der Waals surface area (Å²) in [5.41, 5.74) is 2.66. The van der Waals surface area contributed by atoms with Crippen molar-refractivity contribution in [1.29, 1.82) is 0 Å². The Kier molecular flexibility index (Phi) is 4.56. The van der Waals surface area contributed by atoms with Gasteiger partial charge in [0, 0.05) is 5.69 Å². The number of hydrogen-bond donors (Lipinski definition) is 1. The van der Waals surface area contributed by atoms with E-state index in [1.165, 1.54) is 7.11 Å². The molecule has 2 aromatic carbocycles. The molecule has 0 atom stereocenters. The molecule has 0 saturated heterocycles. The van der Waals surface area contributed by atoms with E-state index in [0.717, 1.165) is 5.69 Å². The molecule has 3 aromatic rings. The predicted octanol–water partition coefficient (Wildman–Crippen LogP) is 2.61. The van der Waals surface area contributed by atoms with Gasteiger partial charge in [-0.3, -0.25) is 4.79 Å². The van der Waals surface area contributed by atoms with E-state index in [0.29, 0.717) is 16.9 Å². The van der Waals surface area contributed by atoms with Crippen LogP contribution in [-0.4, -0.2) is 34.0 Å². The first-order valence-corrected chi connectivity index (χ1v) is 7.57. The zero-order valence-corrected chi connectivity index (χ0v) is 13.8. The van der Waals surface area contributed by atoms with Gasteiger partial charge in [0.25, 0.3) is 5.91 Å². The highest BCUT2D eigenvalue weighted by atomic mass is 16.5. The fraction of sp³-hybridized carbons (Fsp3) is 0.111.